The molecule has 2 aliphatic rings. The van der Waals surface area contributed by atoms with Gasteiger partial charge in [-0.1, -0.05) is 11.6 Å². The normalized spacial score (nSPS) is 16.0. The van der Waals surface area contributed by atoms with E-state index in [1.165, 1.54) is 16.7 Å². The fourth-order valence-electron chi connectivity index (χ4n) is 4.02. The third kappa shape index (κ3) is 4.49. The number of nitrogens with zero attached hydrogens (tertiary/aromatic N) is 4. The van der Waals surface area contributed by atoms with Gasteiger partial charge < -0.3 is 20.1 Å². The van der Waals surface area contributed by atoms with Gasteiger partial charge in [-0.15, -0.1) is 0 Å². The summed E-state index contributed by atoms with van der Waals surface area (Å²) in [5.41, 5.74) is 12.7. The van der Waals surface area contributed by atoms with Crippen LogP contribution in [0.2, 0.25) is 5.15 Å². The summed E-state index contributed by atoms with van der Waals surface area (Å²) in [6.45, 7) is 4.38. The van der Waals surface area contributed by atoms with E-state index in [9.17, 15) is 0 Å². The Bertz CT molecular complexity index is 1170. The van der Waals surface area contributed by atoms with E-state index in [4.69, 9.17) is 26.8 Å². The molecule has 7 nitrogen and oxygen atoms in total. The SMILES string of the molecule is Cc1cc(-c2cnc(N)c(OCc3cc(Cl)ncc3OC3CC3)n2)cc2c1CCN(C)C2. The molecule has 0 spiro atoms. The fourth-order valence-corrected chi connectivity index (χ4v) is 4.20. The van der Waals surface area contributed by atoms with Gasteiger partial charge in [-0.05, 0) is 68.1 Å². The molecular formula is C24H26ClN5O2. The van der Waals surface area contributed by atoms with Crippen molar-refractivity contribution in [2.75, 3.05) is 19.3 Å². The van der Waals surface area contributed by atoms with Crippen molar-refractivity contribution in [3.8, 4) is 22.9 Å². The molecule has 0 unspecified atom stereocenters. The number of nitrogen functional groups attached to an aromatic ring is 1. The third-order valence-electron chi connectivity index (χ3n) is 5.91. The van der Waals surface area contributed by atoms with E-state index in [0.29, 0.717) is 16.8 Å². The van der Waals surface area contributed by atoms with Gasteiger partial charge in [0, 0.05) is 24.2 Å². The van der Waals surface area contributed by atoms with E-state index >= 15 is 0 Å². The second kappa shape index (κ2) is 8.56. The van der Waals surface area contributed by atoms with Crippen molar-refractivity contribution < 1.29 is 9.47 Å². The van der Waals surface area contributed by atoms with Crippen molar-refractivity contribution in [1.82, 2.24) is 19.9 Å². The number of rotatable bonds is 6. The van der Waals surface area contributed by atoms with Gasteiger partial charge in [-0.3, -0.25) is 0 Å². The standard InChI is InChI=1S/C24H26ClN5O2/c1-14-7-15(8-16-12-30(2)6-5-19(14)16)20-10-28-23(26)24(29-20)31-13-17-9-22(25)27-11-21(17)32-18-3-4-18/h7-11,18H,3-6,12-13H2,1-2H3,(H2,26,28). The Morgan fingerprint density at radius 3 is 2.84 bits per heavy atom. The zero-order valence-electron chi connectivity index (χ0n) is 18.3. The molecule has 0 radical (unpaired) electrons. The predicted octanol–water partition coefficient (Wildman–Crippen LogP) is 4.19. The largest absolute Gasteiger partial charge is 0.488 e. The Kier molecular flexibility index (Phi) is 5.61. The minimum Gasteiger partial charge on any atom is -0.488 e. The number of nitrogens with two attached hydrogens (primary N) is 1. The number of aromatic nitrogens is 3. The lowest BCUT2D eigenvalue weighted by Crippen LogP contribution is -2.27. The molecule has 0 saturated heterocycles. The molecule has 3 heterocycles. The summed E-state index contributed by atoms with van der Waals surface area (Å²) >= 11 is 6.09. The fraction of sp³-hybridized carbons (Fsp3) is 0.375. The zero-order valence-corrected chi connectivity index (χ0v) is 19.0. The van der Waals surface area contributed by atoms with E-state index < -0.39 is 0 Å². The van der Waals surface area contributed by atoms with Crippen LogP contribution in [0.25, 0.3) is 11.3 Å². The van der Waals surface area contributed by atoms with Crippen LogP contribution in [0.5, 0.6) is 11.6 Å². The van der Waals surface area contributed by atoms with Gasteiger partial charge in [0.25, 0.3) is 5.88 Å². The molecule has 0 amide bonds. The molecule has 166 valence electrons. The molecule has 2 N–H and O–H groups in total. The summed E-state index contributed by atoms with van der Waals surface area (Å²) in [5.74, 6) is 1.21. The first-order valence-corrected chi connectivity index (χ1v) is 11.2. The van der Waals surface area contributed by atoms with Crippen molar-refractivity contribution >= 4 is 17.4 Å². The lowest BCUT2D eigenvalue weighted by Gasteiger charge is -2.27. The summed E-state index contributed by atoms with van der Waals surface area (Å²) in [6.07, 6.45) is 6.76. The maximum Gasteiger partial charge on any atom is 0.258 e. The average Bonchev–Trinajstić information content (AvgIpc) is 3.58. The number of aryl methyl sites for hydroxylation is 1. The highest BCUT2D eigenvalue weighted by Gasteiger charge is 2.25. The molecular weight excluding hydrogens is 426 g/mol. The number of halogens is 1. The number of pyridine rings is 1. The van der Waals surface area contributed by atoms with Gasteiger partial charge in [0.15, 0.2) is 5.82 Å². The van der Waals surface area contributed by atoms with Gasteiger partial charge >= 0.3 is 0 Å². The zero-order chi connectivity index (χ0) is 22.2. The van der Waals surface area contributed by atoms with Gasteiger partial charge in [0.2, 0.25) is 0 Å². The van der Waals surface area contributed by atoms with Crippen LogP contribution in [0.4, 0.5) is 5.82 Å². The lowest BCUT2D eigenvalue weighted by molar-refractivity contribution is 0.266. The molecule has 1 aliphatic heterocycles. The predicted molar refractivity (Wildman–Crippen MR) is 124 cm³/mol. The smallest absolute Gasteiger partial charge is 0.258 e. The van der Waals surface area contributed by atoms with Crippen LogP contribution in [0.1, 0.15) is 35.1 Å². The first-order chi connectivity index (χ1) is 15.5. The van der Waals surface area contributed by atoms with E-state index in [-0.39, 0.29) is 18.5 Å². The van der Waals surface area contributed by atoms with Crippen molar-refractivity contribution in [2.45, 2.75) is 45.4 Å². The van der Waals surface area contributed by atoms with Gasteiger partial charge in [-0.2, -0.15) is 0 Å². The first kappa shape index (κ1) is 21.0. The Morgan fingerprint density at radius 1 is 1.19 bits per heavy atom. The van der Waals surface area contributed by atoms with Gasteiger partial charge in [0.05, 0.1) is 24.2 Å². The first-order valence-electron chi connectivity index (χ1n) is 10.8. The number of ether oxygens (including phenoxy) is 2. The molecule has 5 rings (SSSR count). The Morgan fingerprint density at radius 2 is 2.03 bits per heavy atom. The Hall–Kier alpha value is -2.90. The van der Waals surface area contributed by atoms with Crippen molar-refractivity contribution in [2.24, 2.45) is 0 Å². The molecule has 1 saturated carbocycles. The topological polar surface area (TPSA) is 86.4 Å². The lowest BCUT2D eigenvalue weighted by atomic mass is 9.92. The second-order valence-electron chi connectivity index (χ2n) is 8.58. The summed E-state index contributed by atoms with van der Waals surface area (Å²) < 4.78 is 11.9. The number of fused-ring (bicyclic) bond motifs is 1. The second-order valence-corrected chi connectivity index (χ2v) is 8.97. The molecule has 2 aromatic heterocycles. The van der Waals surface area contributed by atoms with Crippen LogP contribution in [0.15, 0.2) is 30.6 Å². The van der Waals surface area contributed by atoms with Crippen LogP contribution >= 0.6 is 11.6 Å². The number of benzene rings is 1. The minimum absolute atomic E-state index is 0.209. The molecule has 0 atom stereocenters. The van der Waals surface area contributed by atoms with Crippen LogP contribution in [0, 0.1) is 6.92 Å². The highest BCUT2D eigenvalue weighted by Crippen LogP contribution is 2.32. The number of hydrogen-bond acceptors (Lipinski definition) is 7. The number of likely N-dealkylation sites (N-methyl/N-ethyl adjacent to an activating group) is 1. The molecule has 1 fully saturated rings. The maximum absolute atomic E-state index is 6.09. The molecule has 8 heteroatoms. The van der Waals surface area contributed by atoms with Crippen molar-refractivity contribution in [3.63, 3.8) is 0 Å². The maximum atomic E-state index is 6.09. The molecule has 1 aromatic carbocycles. The van der Waals surface area contributed by atoms with E-state index in [1.54, 1.807) is 18.5 Å². The quantitative estimate of drug-likeness (QED) is 0.562. The summed E-state index contributed by atoms with van der Waals surface area (Å²) in [6, 6.07) is 6.11. The molecule has 32 heavy (non-hydrogen) atoms. The van der Waals surface area contributed by atoms with Crippen LogP contribution in [-0.4, -0.2) is 39.5 Å². The Balaban J connectivity index is 1.40. The summed E-state index contributed by atoms with van der Waals surface area (Å²) in [5, 5.41) is 0.383. The summed E-state index contributed by atoms with van der Waals surface area (Å²) in [7, 11) is 2.15. The highest BCUT2D eigenvalue weighted by molar-refractivity contribution is 6.29. The average molecular weight is 452 g/mol. The van der Waals surface area contributed by atoms with Crippen LogP contribution in [0.3, 0.4) is 0 Å². The van der Waals surface area contributed by atoms with Crippen molar-refractivity contribution in [3.05, 3.63) is 58.0 Å². The van der Waals surface area contributed by atoms with Gasteiger partial charge in [-0.25, -0.2) is 15.0 Å². The summed E-state index contributed by atoms with van der Waals surface area (Å²) in [4.78, 5) is 15.5. The monoisotopic (exact) mass is 451 g/mol. The molecule has 0 bridgehead atoms. The Labute approximate surface area is 192 Å². The van der Waals surface area contributed by atoms with Crippen molar-refractivity contribution in [1.29, 1.82) is 0 Å². The van der Waals surface area contributed by atoms with Crippen LogP contribution < -0.4 is 15.2 Å². The van der Waals surface area contributed by atoms with Gasteiger partial charge in [0.1, 0.15) is 17.5 Å². The minimum atomic E-state index is 0.209. The highest BCUT2D eigenvalue weighted by atomic mass is 35.5. The van der Waals surface area contributed by atoms with Crippen LogP contribution in [-0.2, 0) is 19.6 Å². The number of anilines is 1. The molecule has 3 aromatic rings. The number of hydrogen-bond donors (Lipinski definition) is 1. The molecule has 1 aliphatic carbocycles. The van der Waals surface area contributed by atoms with E-state index in [2.05, 4.69) is 46.0 Å². The third-order valence-corrected chi connectivity index (χ3v) is 6.12. The van der Waals surface area contributed by atoms with E-state index in [1.807, 2.05) is 0 Å². The van der Waals surface area contributed by atoms with E-state index in [0.717, 1.165) is 49.2 Å².